The van der Waals surface area contributed by atoms with Crippen molar-refractivity contribution in [2.24, 2.45) is 10.3 Å². The predicted molar refractivity (Wildman–Crippen MR) is 75.1 cm³/mol. The van der Waals surface area contributed by atoms with Gasteiger partial charge >= 0.3 is 0 Å². The van der Waals surface area contributed by atoms with E-state index in [1.807, 2.05) is 30.3 Å². The highest BCUT2D eigenvalue weighted by Crippen LogP contribution is 1.99. The Hall–Kier alpha value is -3.02. The minimum atomic E-state index is -0.364. The lowest BCUT2D eigenvalue weighted by Crippen LogP contribution is -2.17. The summed E-state index contributed by atoms with van der Waals surface area (Å²) in [5.41, 5.74) is 4.12. The molecular weight excluding hydrogens is 256 g/mol. The molecule has 1 amide bonds. The van der Waals surface area contributed by atoms with Crippen LogP contribution in [0.25, 0.3) is 0 Å². The van der Waals surface area contributed by atoms with E-state index in [9.17, 15) is 4.79 Å². The van der Waals surface area contributed by atoms with Crippen molar-refractivity contribution in [2.45, 2.75) is 0 Å². The van der Waals surface area contributed by atoms with Crippen LogP contribution >= 0.6 is 0 Å². The Balaban J connectivity index is 1.96. The van der Waals surface area contributed by atoms with Gasteiger partial charge in [-0.3, -0.25) is 9.78 Å². The van der Waals surface area contributed by atoms with Crippen LogP contribution in [-0.2, 0) is 0 Å². The van der Waals surface area contributed by atoms with Crippen LogP contribution in [0, 0.1) is 0 Å². The summed E-state index contributed by atoms with van der Waals surface area (Å²) in [6, 6.07) is 12.6. The lowest BCUT2D eigenvalue weighted by Gasteiger charge is -1.99. The molecule has 100 valence electrons. The number of carbonyl (C=O) groups is 1. The Morgan fingerprint density at radius 3 is 2.60 bits per heavy atom. The Kier molecular flexibility index (Phi) is 4.55. The van der Waals surface area contributed by atoms with Gasteiger partial charge in [-0.05, 0) is 17.7 Å². The fourth-order valence-electron chi connectivity index (χ4n) is 1.44. The molecule has 0 atom stereocenters. The molecule has 2 rings (SSSR count). The van der Waals surface area contributed by atoms with Crippen molar-refractivity contribution in [2.75, 3.05) is 0 Å². The van der Waals surface area contributed by atoms with E-state index in [-0.39, 0.29) is 5.91 Å². The maximum Gasteiger partial charge on any atom is 0.272 e. The van der Waals surface area contributed by atoms with Crippen molar-refractivity contribution < 1.29 is 10.0 Å². The highest BCUT2D eigenvalue weighted by Gasteiger charge is 2.04. The second-order valence-corrected chi connectivity index (χ2v) is 3.83. The van der Waals surface area contributed by atoms with Gasteiger partial charge in [0.15, 0.2) is 0 Å². The molecule has 1 heterocycles. The highest BCUT2D eigenvalue weighted by atomic mass is 16.4. The van der Waals surface area contributed by atoms with E-state index in [4.69, 9.17) is 5.21 Å². The SMILES string of the molecule is O=C(NN=Cc1ccccc1)c1ccc(C=NO)nc1. The number of nitrogens with zero attached hydrogens (tertiary/aromatic N) is 3. The molecule has 0 saturated carbocycles. The fourth-order valence-corrected chi connectivity index (χ4v) is 1.44. The average molecular weight is 268 g/mol. The summed E-state index contributed by atoms with van der Waals surface area (Å²) in [7, 11) is 0. The summed E-state index contributed by atoms with van der Waals surface area (Å²) in [5, 5.41) is 15.1. The Morgan fingerprint density at radius 1 is 1.15 bits per heavy atom. The predicted octanol–water partition coefficient (Wildman–Crippen LogP) is 1.65. The maximum absolute atomic E-state index is 11.8. The van der Waals surface area contributed by atoms with Gasteiger partial charge in [0.2, 0.25) is 0 Å². The quantitative estimate of drug-likeness (QED) is 0.502. The number of benzene rings is 1. The zero-order chi connectivity index (χ0) is 14.2. The van der Waals surface area contributed by atoms with E-state index in [1.165, 1.54) is 12.4 Å². The van der Waals surface area contributed by atoms with Crippen LogP contribution < -0.4 is 5.43 Å². The minimum absolute atomic E-state index is 0.364. The van der Waals surface area contributed by atoms with Crippen LogP contribution in [0.3, 0.4) is 0 Å². The number of hydrazone groups is 1. The minimum Gasteiger partial charge on any atom is -0.411 e. The first-order valence-corrected chi connectivity index (χ1v) is 5.81. The van der Waals surface area contributed by atoms with Gasteiger partial charge in [0, 0.05) is 6.20 Å². The first-order valence-electron chi connectivity index (χ1n) is 5.81. The number of amides is 1. The molecule has 0 radical (unpaired) electrons. The van der Waals surface area contributed by atoms with Crippen LogP contribution in [0.1, 0.15) is 21.6 Å². The molecule has 0 unspecified atom stereocenters. The van der Waals surface area contributed by atoms with Crippen molar-refractivity contribution in [3.63, 3.8) is 0 Å². The molecule has 0 fully saturated rings. The molecule has 6 nitrogen and oxygen atoms in total. The topological polar surface area (TPSA) is 86.9 Å². The standard InChI is InChI=1S/C14H12N4O2/c19-14(12-6-7-13(10-17-20)15-9-12)18-16-8-11-4-2-1-3-5-11/h1-10,20H,(H,18,19). The van der Waals surface area contributed by atoms with E-state index in [0.717, 1.165) is 5.56 Å². The van der Waals surface area contributed by atoms with Crippen LogP contribution in [0.4, 0.5) is 0 Å². The number of hydrogen-bond acceptors (Lipinski definition) is 5. The molecule has 0 aliphatic heterocycles. The Bertz CT molecular complexity index is 621. The zero-order valence-electron chi connectivity index (χ0n) is 10.5. The molecule has 0 aliphatic carbocycles. The summed E-state index contributed by atoms with van der Waals surface area (Å²) < 4.78 is 0. The van der Waals surface area contributed by atoms with Crippen LogP contribution in [0.2, 0.25) is 0 Å². The average Bonchev–Trinajstić information content (AvgIpc) is 2.49. The molecule has 20 heavy (non-hydrogen) atoms. The number of aromatic nitrogens is 1. The third kappa shape index (κ3) is 3.74. The first-order chi connectivity index (χ1) is 9.79. The number of rotatable bonds is 4. The number of hydrogen-bond donors (Lipinski definition) is 2. The van der Waals surface area contributed by atoms with Crippen molar-refractivity contribution in [3.05, 3.63) is 65.5 Å². The van der Waals surface area contributed by atoms with Crippen molar-refractivity contribution in [1.82, 2.24) is 10.4 Å². The van der Waals surface area contributed by atoms with Gasteiger partial charge in [-0.1, -0.05) is 35.5 Å². The monoisotopic (exact) mass is 268 g/mol. The smallest absolute Gasteiger partial charge is 0.272 e. The van der Waals surface area contributed by atoms with Crippen molar-refractivity contribution in [1.29, 1.82) is 0 Å². The first kappa shape index (κ1) is 13.4. The summed E-state index contributed by atoms with van der Waals surface area (Å²) in [6.45, 7) is 0. The Morgan fingerprint density at radius 2 is 1.95 bits per heavy atom. The lowest BCUT2D eigenvalue weighted by molar-refractivity contribution is 0.0955. The zero-order valence-corrected chi connectivity index (χ0v) is 10.5. The Labute approximate surface area is 115 Å². The maximum atomic E-state index is 11.8. The second-order valence-electron chi connectivity index (χ2n) is 3.83. The fraction of sp³-hybridized carbons (Fsp3) is 0. The summed E-state index contributed by atoms with van der Waals surface area (Å²) >= 11 is 0. The van der Waals surface area contributed by atoms with E-state index >= 15 is 0 Å². The number of nitrogens with one attached hydrogen (secondary N) is 1. The summed E-state index contributed by atoms with van der Waals surface area (Å²) in [4.78, 5) is 15.7. The summed E-state index contributed by atoms with van der Waals surface area (Å²) in [5.74, 6) is -0.364. The van der Waals surface area contributed by atoms with Gasteiger partial charge in [0.25, 0.3) is 5.91 Å². The number of oxime groups is 1. The van der Waals surface area contributed by atoms with E-state index < -0.39 is 0 Å². The summed E-state index contributed by atoms with van der Waals surface area (Å²) in [6.07, 6.45) is 4.11. The number of carbonyl (C=O) groups excluding carboxylic acids is 1. The molecule has 6 heteroatoms. The van der Waals surface area contributed by atoms with E-state index in [2.05, 4.69) is 20.7 Å². The van der Waals surface area contributed by atoms with Gasteiger partial charge in [-0.2, -0.15) is 5.10 Å². The number of pyridine rings is 1. The molecule has 1 aromatic heterocycles. The molecular formula is C14H12N4O2. The van der Waals surface area contributed by atoms with Gasteiger partial charge in [0.05, 0.1) is 23.7 Å². The van der Waals surface area contributed by atoms with E-state index in [1.54, 1.807) is 18.3 Å². The third-order valence-corrected chi connectivity index (χ3v) is 2.42. The molecule has 0 saturated heterocycles. The van der Waals surface area contributed by atoms with E-state index in [0.29, 0.717) is 11.3 Å². The van der Waals surface area contributed by atoms with Crippen molar-refractivity contribution in [3.8, 4) is 0 Å². The molecule has 0 bridgehead atoms. The van der Waals surface area contributed by atoms with Crippen LogP contribution in [0.5, 0.6) is 0 Å². The van der Waals surface area contributed by atoms with Crippen molar-refractivity contribution >= 4 is 18.3 Å². The second kappa shape index (κ2) is 6.79. The van der Waals surface area contributed by atoms with Gasteiger partial charge in [0.1, 0.15) is 0 Å². The molecule has 0 spiro atoms. The van der Waals surface area contributed by atoms with Crippen LogP contribution in [0.15, 0.2) is 58.9 Å². The highest BCUT2D eigenvalue weighted by molar-refractivity contribution is 5.95. The lowest BCUT2D eigenvalue weighted by atomic mass is 10.2. The molecule has 2 N–H and O–H groups in total. The van der Waals surface area contributed by atoms with Gasteiger partial charge in [-0.25, -0.2) is 5.43 Å². The molecule has 1 aromatic carbocycles. The van der Waals surface area contributed by atoms with Crippen LogP contribution in [-0.4, -0.2) is 28.5 Å². The van der Waals surface area contributed by atoms with Gasteiger partial charge in [-0.15, -0.1) is 0 Å². The third-order valence-electron chi connectivity index (χ3n) is 2.42. The molecule has 0 aliphatic rings. The van der Waals surface area contributed by atoms with Gasteiger partial charge < -0.3 is 5.21 Å². The normalized spacial score (nSPS) is 11.0. The molecule has 2 aromatic rings. The largest absolute Gasteiger partial charge is 0.411 e.